The Labute approximate surface area is 188 Å². The van der Waals surface area contributed by atoms with E-state index in [1.165, 1.54) is 17.3 Å². The molecule has 4 nitrogen and oxygen atoms in total. The largest absolute Gasteiger partial charge is 0.332 e. The van der Waals surface area contributed by atoms with Crippen molar-refractivity contribution in [3.8, 4) is 0 Å². The highest BCUT2D eigenvalue weighted by atomic mass is 79.9. The molecule has 0 saturated carbocycles. The maximum atomic E-state index is 12.2. The molecule has 7 heteroatoms. The second kappa shape index (κ2) is 10.4. The fraction of sp³-hybridized carbons (Fsp3) is 0.0909. The predicted molar refractivity (Wildman–Crippen MR) is 131 cm³/mol. The number of hydrogen-bond donors (Lipinski definition) is 3. The topological polar surface area (TPSA) is 53.2 Å². The third-order valence-corrected chi connectivity index (χ3v) is 5.81. The van der Waals surface area contributed by atoms with Crippen LogP contribution in [-0.2, 0) is 4.79 Å². The Kier molecular flexibility index (Phi) is 7.69. The summed E-state index contributed by atoms with van der Waals surface area (Å²) >= 11 is 10.3. The SMILES string of the molecule is Cc1ccc(NC(=S)Nc2cccc(SCC(=O)Nc3ccccc3Br)c2)cc1. The van der Waals surface area contributed by atoms with Gasteiger partial charge < -0.3 is 16.0 Å². The summed E-state index contributed by atoms with van der Waals surface area (Å²) in [5, 5.41) is 9.77. The Morgan fingerprint density at radius 2 is 1.66 bits per heavy atom. The fourth-order valence-electron chi connectivity index (χ4n) is 2.49. The number of aryl methyl sites for hydroxylation is 1. The van der Waals surface area contributed by atoms with Gasteiger partial charge >= 0.3 is 0 Å². The number of para-hydroxylation sites is 1. The summed E-state index contributed by atoms with van der Waals surface area (Å²) in [6, 6.07) is 23.4. The molecule has 148 valence electrons. The van der Waals surface area contributed by atoms with E-state index >= 15 is 0 Å². The number of anilines is 3. The van der Waals surface area contributed by atoms with Crippen LogP contribution >= 0.6 is 39.9 Å². The van der Waals surface area contributed by atoms with Crippen molar-refractivity contribution < 1.29 is 4.79 Å². The van der Waals surface area contributed by atoms with Crippen molar-refractivity contribution in [2.45, 2.75) is 11.8 Å². The number of amides is 1. The van der Waals surface area contributed by atoms with Gasteiger partial charge in [0.15, 0.2) is 5.11 Å². The molecular formula is C22H20BrN3OS2. The lowest BCUT2D eigenvalue weighted by Gasteiger charge is -2.12. The van der Waals surface area contributed by atoms with Crippen molar-refractivity contribution in [3.63, 3.8) is 0 Å². The Balaban J connectivity index is 1.52. The van der Waals surface area contributed by atoms with E-state index in [-0.39, 0.29) is 5.91 Å². The number of carbonyl (C=O) groups is 1. The van der Waals surface area contributed by atoms with Crippen LogP contribution in [0.25, 0.3) is 0 Å². The zero-order valence-corrected chi connectivity index (χ0v) is 19.0. The van der Waals surface area contributed by atoms with E-state index in [0.29, 0.717) is 10.9 Å². The first kappa shape index (κ1) is 21.4. The molecule has 0 aliphatic rings. The lowest BCUT2D eigenvalue weighted by atomic mass is 10.2. The highest BCUT2D eigenvalue weighted by molar-refractivity contribution is 9.10. The van der Waals surface area contributed by atoms with E-state index < -0.39 is 0 Å². The lowest BCUT2D eigenvalue weighted by molar-refractivity contribution is -0.113. The molecule has 3 aromatic carbocycles. The van der Waals surface area contributed by atoms with Gasteiger partial charge in [0.2, 0.25) is 5.91 Å². The molecule has 3 aromatic rings. The van der Waals surface area contributed by atoms with Crippen LogP contribution in [0.15, 0.2) is 82.2 Å². The molecule has 1 amide bonds. The molecule has 0 fully saturated rings. The van der Waals surface area contributed by atoms with Crippen LogP contribution in [0.3, 0.4) is 0 Å². The summed E-state index contributed by atoms with van der Waals surface area (Å²) < 4.78 is 0.860. The van der Waals surface area contributed by atoms with Gasteiger partial charge in [-0.15, -0.1) is 11.8 Å². The number of hydrogen-bond acceptors (Lipinski definition) is 3. The number of benzene rings is 3. The average molecular weight is 486 g/mol. The maximum Gasteiger partial charge on any atom is 0.234 e. The molecule has 0 aliphatic heterocycles. The molecule has 0 aliphatic carbocycles. The highest BCUT2D eigenvalue weighted by Crippen LogP contribution is 2.24. The van der Waals surface area contributed by atoms with E-state index in [1.54, 1.807) is 0 Å². The Morgan fingerprint density at radius 1 is 0.931 bits per heavy atom. The average Bonchev–Trinajstić information content (AvgIpc) is 2.70. The molecule has 3 rings (SSSR count). The lowest BCUT2D eigenvalue weighted by Crippen LogP contribution is -2.19. The molecule has 29 heavy (non-hydrogen) atoms. The summed E-state index contributed by atoms with van der Waals surface area (Å²) in [7, 11) is 0. The first-order valence-electron chi connectivity index (χ1n) is 8.91. The van der Waals surface area contributed by atoms with Gasteiger partial charge in [-0.2, -0.15) is 0 Å². The standard InChI is InChI=1S/C22H20BrN3OS2/c1-15-9-11-16(12-10-15)24-22(28)25-17-5-4-6-18(13-17)29-14-21(27)26-20-8-3-2-7-19(20)23/h2-13H,14H2,1H3,(H,26,27)(H2,24,25,28). The zero-order valence-electron chi connectivity index (χ0n) is 15.7. The number of carbonyl (C=O) groups excluding carboxylic acids is 1. The molecule has 3 N–H and O–H groups in total. The first-order valence-corrected chi connectivity index (χ1v) is 11.1. The van der Waals surface area contributed by atoms with Gasteiger partial charge in [0, 0.05) is 20.7 Å². The number of thiocarbonyl (C=S) groups is 1. The van der Waals surface area contributed by atoms with E-state index in [2.05, 4.69) is 31.9 Å². The molecule has 0 saturated heterocycles. The van der Waals surface area contributed by atoms with Crippen molar-refractivity contribution in [3.05, 3.63) is 82.8 Å². The van der Waals surface area contributed by atoms with Crippen molar-refractivity contribution in [1.82, 2.24) is 0 Å². The van der Waals surface area contributed by atoms with Crippen molar-refractivity contribution >= 4 is 68.0 Å². The van der Waals surface area contributed by atoms with Crippen LogP contribution in [0.2, 0.25) is 0 Å². The van der Waals surface area contributed by atoms with Gasteiger partial charge in [-0.1, -0.05) is 35.9 Å². The van der Waals surface area contributed by atoms with E-state index in [1.807, 2.05) is 79.7 Å². The van der Waals surface area contributed by atoms with Crippen molar-refractivity contribution in [2.75, 3.05) is 21.7 Å². The molecule has 0 spiro atoms. The van der Waals surface area contributed by atoms with Crippen LogP contribution in [-0.4, -0.2) is 16.8 Å². The smallest absolute Gasteiger partial charge is 0.234 e. The molecule has 0 atom stereocenters. The number of thioether (sulfide) groups is 1. The van der Waals surface area contributed by atoms with Crippen LogP contribution in [0.1, 0.15) is 5.56 Å². The molecule has 0 unspecified atom stereocenters. The molecule has 0 radical (unpaired) electrons. The quantitative estimate of drug-likeness (QED) is 0.282. The van der Waals surface area contributed by atoms with E-state index in [4.69, 9.17) is 12.2 Å². The molecule has 0 heterocycles. The number of halogens is 1. The first-order chi connectivity index (χ1) is 14.0. The second-order valence-corrected chi connectivity index (χ2v) is 8.60. The monoisotopic (exact) mass is 485 g/mol. The second-order valence-electron chi connectivity index (χ2n) is 6.29. The van der Waals surface area contributed by atoms with Gasteiger partial charge in [0.05, 0.1) is 11.4 Å². The predicted octanol–water partition coefficient (Wildman–Crippen LogP) is 6.30. The van der Waals surface area contributed by atoms with E-state index in [0.717, 1.165) is 26.4 Å². The molecule has 0 bridgehead atoms. The summed E-state index contributed by atoms with van der Waals surface area (Å²) in [4.78, 5) is 13.2. The third kappa shape index (κ3) is 6.88. The molecular weight excluding hydrogens is 466 g/mol. The van der Waals surface area contributed by atoms with Gasteiger partial charge in [0.1, 0.15) is 0 Å². The van der Waals surface area contributed by atoms with Gasteiger partial charge in [-0.3, -0.25) is 4.79 Å². The summed E-state index contributed by atoms with van der Waals surface area (Å²) in [6.07, 6.45) is 0. The Bertz CT molecular complexity index is 1010. The minimum Gasteiger partial charge on any atom is -0.332 e. The minimum atomic E-state index is -0.0585. The van der Waals surface area contributed by atoms with Crippen LogP contribution in [0.5, 0.6) is 0 Å². The van der Waals surface area contributed by atoms with Crippen LogP contribution < -0.4 is 16.0 Å². The summed E-state index contributed by atoms with van der Waals surface area (Å²) in [6.45, 7) is 2.04. The minimum absolute atomic E-state index is 0.0585. The molecule has 0 aromatic heterocycles. The van der Waals surface area contributed by atoms with Gasteiger partial charge in [-0.25, -0.2) is 0 Å². The normalized spacial score (nSPS) is 10.3. The third-order valence-electron chi connectivity index (χ3n) is 3.92. The number of rotatable bonds is 6. The van der Waals surface area contributed by atoms with Crippen molar-refractivity contribution in [1.29, 1.82) is 0 Å². The Hall–Kier alpha value is -2.35. The van der Waals surface area contributed by atoms with Crippen LogP contribution in [0.4, 0.5) is 17.1 Å². The van der Waals surface area contributed by atoms with Crippen molar-refractivity contribution in [2.24, 2.45) is 0 Å². The maximum absolute atomic E-state index is 12.2. The summed E-state index contributed by atoms with van der Waals surface area (Å²) in [5.74, 6) is 0.258. The Morgan fingerprint density at radius 3 is 2.41 bits per heavy atom. The summed E-state index contributed by atoms with van der Waals surface area (Å²) in [5.41, 5.74) is 3.76. The van der Waals surface area contributed by atoms with Gasteiger partial charge in [-0.05, 0) is 77.5 Å². The zero-order chi connectivity index (χ0) is 20.6. The number of nitrogens with one attached hydrogen (secondary N) is 3. The fourth-order valence-corrected chi connectivity index (χ4v) is 3.87. The highest BCUT2D eigenvalue weighted by Gasteiger charge is 2.07. The van der Waals surface area contributed by atoms with Crippen LogP contribution in [0, 0.1) is 6.92 Å². The van der Waals surface area contributed by atoms with Gasteiger partial charge in [0.25, 0.3) is 0 Å². The van der Waals surface area contributed by atoms with E-state index in [9.17, 15) is 4.79 Å².